The maximum absolute atomic E-state index is 12.4. The molecule has 0 aliphatic heterocycles. The van der Waals surface area contributed by atoms with Crippen molar-refractivity contribution in [2.75, 3.05) is 14.2 Å². The van der Waals surface area contributed by atoms with Crippen LogP contribution >= 0.6 is 0 Å². The second-order valence-electron chi connectivity index (χ2n) is 6.19. The Morgan fingerprint density at radius 3 is 2.23 bits per heavy atom. The molecule has 0 atom stereocenters. The van der Waals surface area contributed by atoms with Crippen molar-refractivity contribution in [3.8, 4) is 17.2 Å². The molecule has 160 valence electrons. The molecule has 0 aliphatic carbocycles. The average molecular weight is 440 g/mol. The van der Waals surface area contributed by atoms with Crippen molar-refractivity contribution < 1.29 is 27.4 Å². The third-order valence-corrected chi connectivity index (χ3v) is 5.39. The first-order valence-electron chi connectivity index (χ1n) is 9.07. The van der Waals surface area contributed by atoms with Gasteiger partial charge in [-0.15, -0.1) is 0 Å². The number of nitrogens with zero attached hydrogens (tertiary/aromatic N) is 1. The standard InChI is InChI=1S/C22H20N2O6S/c1-28-20-13-10-17(14-21(20)29-2)22(25)30-18-11-8-16(9-12-18)15-23-24-31(26,27)19-6-4-3-5-7-19/h3-15,24H,1-2H3. The van der Waals surface area contributed by atoms with E-state index in [9.17, 15) is 13.2 Å². The minimum Gasteiger partial charge on any atom is -0.493 e. The van der Waals surface area contributed by atoms with Gasteiger partial charge >= 0.3 is 5.97 Å². The molecule has 0 fully saturated rings. The quantitative estimate of drug-likeness (QED) is 0.250. The predicted molar refractivity (Wildman–Crippen MR) is 115 cm³/mol. The van der Waals surface area contributed by atoms with Gasteiger partial charge in [-0.2, -0.15) is 13.5 Å². The van der Waals surface area contributed by atoms with Crippen molar-refractivity contribution in [2.45, 2.75) is 4.90 Å². The number of nitrogens with one attached hydrogen (secondary N) is 1. The van der Waals surface area contributed by atoms with Crippen molar-refractivity contribution >= 4 is 22.2 Å². The summed E-state index contributed by atoms with van der Waals surface area (Å²) in [5.74, 6) is 0.687. The van der Waals surface area contributed by atoms with Crippen LogP contribution < -0.4 is 19.0 Å². The second kappa shape index (κ2) is 9.77. The topological polar surface area (TPSA) is 103 Å². The molecule has 3 rings (SSSR count). The minimum atomic E-state index is -3.73. The predicted octanol–water partition coefficient (Wildman–Crippen LogP) is 3.24. The van der Waals surface area contributed by atoms with Crippen molar-refractivity contribution in [2.24, 2.45) is 5.10 Å². The van der Waals surface area contributed by atoms with Gasteiger partial charge in [-0.25, -0.2) is 9.63 Å². The Kier molecular flexibility index (Phi) is 6.88. The summed E-state index contributed by atoms with van der Waals surface area (Å²) in [7, 11) is -0.746. The second-order valence-corrected chi connectivity index (χ2v) is 7.86. The number of benzene rings is 3. The zero-order valence-electron chi connectivity index (χ0n) is 16.8. The lowest BCUT2D eigenvalue weighted by Crippen LogP contribution is -2.18. The molecule has 3 aromatic rings. The van der Waals surface area contributed by atoms with Gasteiger partial charge in [0.2, 0.25) is 0 Å². The number of sulfonamides is 1. The van der Waals surface area contributed by atoms with E-state index in [1.165, 1.54) is 38.6 Å². The molecule has 0 aliphatic rings. The molecule has 0 bridgehead atoms. The number of rotatable bonds is 8. The summed E-state index contributed by atoms with van der Waals surface area (Å²) in [5, 5.41) is 3.77. The third-order valence-electron chi connectivity index (χ3n) is 4.15. The van der Waals surface area contributed by atoms with Crippen LogP contribution in [0.4, 0.5) is 0 Å². The zero-order chi connectivity index (χ0) is 22.3. The van der Waals surface area contributed by atoms with Gasteiger partial charge in [0.25, 0.3) is 10.0 Å². The van der Waals surface area contributed by atoms with Gasteiger partial charge in [0.15, 0.2) is 11.5 Å². The Bertz CT molecular complexity index is 1180. The van der Waals surface area contributed by atoms with E-state index >= 15 is 0 Å². The van der Waals surface area contributed by atoms with Gasteiger partial charge in [-0.3, -0.25) is 0 Å². The number of carbonyl (C=O) groups excluding carboxylic acids is 1. The van der Waals surface area contributed by atoms with Crippen LogP contribution in [0.5, 0.6) is 17.2 Å². The summed E-state index contributed by atoms with van der Waals surface area (Å²) in [6.45, 7) is 0. The number of ether oxygens (including phenoxy) is 3. The Labute approximate surface area is 180 Å². The number of hydrazone groups is 1. The van der Waals surface area contributed by atoms with E-state index in [0.717, 1.165) is 0 Å². The molecular formula is C22H20N2O6S. The summed E-state index contributed by atoms with van der Waals surface area (Å²) in [5.41, 5.74) is 0.917. The van der Waals surface area contributed by atoms with Crippen LogP contribution in [-0.2, 0) is 10.0 Å². The van der Waals surface area contributed by atoms with E-state index in [2.05, 4.69) is 9.93 Å². The molecule has 0 aromatic heterocycles. The van der Waals surface area contributed by atoms with Crippen LogP contribution in [0.25, 0.3) is 0 Å². The van der Waals surface area contributed by atoms with E-state index in [-0.39, 0.29) is 4.90 Å². The molecule has 3 aromatic carbocycles. The Balaban J connectivity index is 1.62. The molecule has 8 nitrogen and oxygen atoms in total. The number of hydrogen-bond donors (Lipinski definition) is 1. The van der Waals surface area contributed by atoms with E-state index in [0.29, 0.717) is 28.4 Å². The SMILES string of the molecule is COc1ccc(C(=O)Oc2ccc(C=NNS(=O)(=O)c3ccccc3)cc2)cc1OC. The molecule has 9 heteroatoms. The number of methoxy groups -OCH3 is 2. The summed E-state index contributed by atoms with van der Waals surface area (Å²) < 4.78 is 39.9. The number of esters is 1. The zero-order valence-corrected chi connectivity index (χ0v) is 17.6. The first-order valence-corrected chi connectivity index (χ1v) is 10.6. The first kappa shape index (κ1) is 21.8. The smallest absolute Gasteiger partial charge is 0.343 e. The Hall–Kier alpha value is -3.85. The minimum absolute atomic E-state index is 0.115. The molecule has 0 saturated carbocycles. The van der Waals surface area contributed by atoms with Crippen molar-refractivity contribution in [1.82, 2.24) is 4.83 Å². The fraction of sp³-hybridized carbons (Fsp3) is 0.0909. The van der Waals surface area contributed by atoms with E-state index in [4.69, 9.17) is 14.2 Å². The summed E-state index contributed by atoms with van der Waals surface area (Å²) in [6, 6.07) is 19.1. The van der Waals surface area contributed by atoms with E-state index in [1.54, 1.807) is 54.6 Å². The maximum atomic E-state index is 12.4. The van der Waals surface area contributed by atoms with Gasteiger partial charge in [0.05, 0.1) is 30.9 Å². The van der Waals surface area contributed by atoms with Crippen LogP contribution in [0, 0.1) is 0 Å². The summed E-state index contributed by atoms with van der Waals surface area (Å²) >= 11 is 0. The van der Waals surface area contributed by atoms with Crippen molar-refractivity contribution in [1.29, 1.82) is 0 Å². The number of carbonyl (C=O) groups is 1. The highest BCUT2D eigenvalue weighted by molar-refractivity contribution is 7.89. The highest BCUT2D eigenvalue weighted by Crippen LogP contribution is 2.28. The number of hydrogen-bond acceptors (Lipinski definition) is 7. The molecule has 1 N–H and O–H groups in total. The van der Waals surface area contributed by atoms with Crippen molar-refractivity contribution in [3.63, 3.8) is 0 Å². The van der Waals surface area contributed by atoms with Crippen LogP contribution in [-0.4, -0.2) is 34.8 Å². The first-order chi connectivity index (χ1) is 14.9. The lowest BCUT2D eigenvalue weighted by Gasteiger charge is -2.09. The lowest BCUT2D eigenvalue weighted by atomic mass is 10.2. The van der Waals surface area contributed by atoms with Crippen LogP contribution in [0.3, 0.4) is 0 Å². The Morgan fingerprint density at radius 1 is 0.903 bits per heavy atom. The molecule has 0 amide bonds. The normalized spacial score (nSPS) is 11.2. The monoisotopic (exact) mass is 440 g/mol. The summed E-state index contributed by atoms with van der Waals surface area (Å²) in [6.07, 6.45) is 1.35. The fourth-order valence-electron chi connectivity index (χ4n) is 2.57. The third kappa shape index (κ3) is 5.61. The molecule has 0 heterocycles. The maximum Gasteiger partial charge on any atom is 0.343 e. The molecule has 0 spiro atoms. The highest BCUT2D eigenvalue weighted by Gasteiger charge is 2.13. The largest absolute Gasteiger partial charge is 0.493 e. The average Bonchev–Trinajstić information content (AvgIpc) is 2.80. The van der Waals surface area contributed by atoms with Gasteiger partial charge in [-0.05, 0) is 60.2 Å². The van der Waals surface area contributed by atoms with Gasteiger partial charge in [-0.1, -0.05) is 18.2 Å². The molecule has 0 unspecified atom stereocenters. The molecule has 0 saturated heterocycles. The Morgan fingerprint density at radius 2 is 1.58 bits per heavy atom. The van der Waals surface area contributed by atoms with Crippen LogP contribution in [0.15, 0.2) is 82.8 Å². The van der Waals surface area contributed by atoms with E-state index < -0.39 is 16.0 Å². The van der Waals surface area contributed by atoms with Gasteiger partial charge in [0.1, 0.15) is 5.75 Å². The highest BCUT2D eigenvalue weighted by atomic mass is 32.2. The molecular weight excluding hydrogens is 420 g/mol. The molecule has 0 radical (unpaired) electrons. The van der Waals surface area contributed by atoms with Gasteiger partial charge in [0, 0.05) is 0 Å². The van der Waals surface area contributed by atoms with E-state index in [1.807, 2.05) is 0 Å². The van der Waals surface area contributed by atoms with Crippen LogP contribution in [0.2, 0.25) is 0 Å². The van der Waals surface area contributed by atoms with Crippen LogP contribution in [0.1, 0.15) is 15.9 Å². The van der Waals surface area contributed by atoms with Crippen molar-refractivity contribution in [3.05, 3.63) is 83.9 Å². The molecule has 31 heavy (non-hydrogen) atoms. The summed E-state index contributed by atoms with van der Waals surface area (Å²) in [4.78, 5) is 14.6. The van der Waals surface area contributed by atoms with Gasteiger partial charge < -0.3 is 14.2 Å². The lowest BCUT2D eigenvalue weighted by molar-refractivity contribution is 0.0734. The fourth-order valence-corrected chi connectivity index (χ4v) is 3.39.